The van der Waals surface area contributed by atoms with Gasteiger partial charge in [-0.1, -0.05) is 17.7 Å². The van der Waals surface area contributed by atoms with Crippen LogP contribution in [0.3, 0.4) is 0 Å². The minimum atomic E-state index is -4.02. The van der Waals surface area contributed by atoms with Crippen LogP contribution in [-0.2, 0) is 21.2 Å². The van der Waals surface area contributed by atoms with Crippen molar-refractivity contribution >= 4 is 27.5 Å². The van der Waals surface area contributed by atoms with Crippen LogP contribution in [0, 0.1) is 27.7 Å². The molecule has 0 saturated heterocycles. The van der Waals surface area contributed by atoms with Crippen molar-refractivity contribution in [3.8, 4) is 5.95 Å². The first kappa shape index (κ1) is 20.9. The molecule has 0 aliphatic rings. The van der Waals surface area contributed by atoms with Gasteiger partial charge in [-0.05, 0) is 52.0 Å². The van der Waals surface area contributed by atoms with Gasteiger partial charge < -0.3 is 0 Å². The van der Waals surface area contributed by atoms with E-state index >= 15 is 0 Å². The van der Waals surface area contributed by atoms with E-state index in [-0.39, 0.29) is 16.3 Å². The van der Waals surface area contributed by atoms with Crippen LogP contribution in [0.5, 0.6) is 0 Å². The molecule has 0 atom stereocenters. The van der Waals surface area contributed by atoms with Crippen molar-refractivity contribution in [3.05, 3.63) is 63.7 Å². The third-order valence-electron chi connectivity index (χ3n) is 4.29. The number of aryl methyl sites for hydroxylation is 3. The number of benzene rings is 1. The van der Waals surface area contributed by atoms with E-state index in [9.17, 15) is 13.2 Å². The van der Waals surface area contributed by atoms with Gasteiger partial charge in [-0.2, -0.15) is 5.10 Å². The number of carbonyl (C=O) groups is 1. The van der Waals surface area contributed by atoms with Crippen molar-refractivity contribution in [3.63, 3.8) is 0 Å². The Balaban J connectivity index is 1.85. The lowest BCUT2D eigenvalue weighted by atomic mass is 10.1. The van der Waals surface area contributed by atoms with E-state index in [1.165, 1.54) is 18.2 Å². The summed E-state index contributed by atoms with van der Waals surface area (Å²) in [5.74, 6) is -0.265. The van der Waals surface area contributed by atoms with E-state index in [1.807, 2.05) is 19.9 Å². The van der Waals surface area contributed by atoms with Crippen molar-refractivity contribution in [2.75, 3.05) is 0 Å². The SMILES string of the molecule is Cc1cc(C)nc(-n2nc(C)c(CC(=O)NS(=O)(=O)c3cccc(Cl)c3)c2C)n1. The second kappa shape index (κ2) is 7.92. The molecule has 8 nitrogen and oxygen atoms in total. The zero-order chi connectivity index (χ0) is 21.3. The lowest BCUT2D eigenvalue weighted by Gasteiger charge is -2.08. The highest BCUT2D eigenvalue weighted by molar-refractivity contribution is 7.90. The molecule has 3 aromatic rings. The molecule has 0 spiro atoms. The van der Waals surface area contributed by atoms with Gasteiger partial charge in [0.25, 0.3) is 16.0 Å². The van der Waals surface area contributed by atoms with Crippen LogP contribution in [-0.4, -0.2) is 34.1 Å². The molecule has 0 saturated carbocycles. The summed E-state index contributed by atoms with van der Waals surface area (Å²) < 4.78 is 28.5. The van der Waals surface area contributed by atoms with Crippen LogP contribution in [0.15, 0.2) is 35.2 Å². The molecule has 2 heterocycles. The average Bonchev–Trinajstić information content (AvgIpc) is 2.88. The lowest BCUT2D eigenvalue weighted by molar-refractivity contribution is -0.118. The van der Waals surface area contributed by atoms with Crippen LogP contribution in [0.4, 0.5) is 0 Å². The standard InChI is InChI=1S/C19H20ClN5O3S/c1-11-8-12(2)22-19(21-11)25-14(4)17(13(3)23-25)10-18(26)24-29(27,28)16-7-5-6-15(20)9-16/h5-9H,10H2,1-4H3,(H,24,26). The summed E-state index contributed by atoms with van der Waals surface area (Å²) in [7, 11) is -4.02. The summed E-state index contributed by atoms with van der Waals surface area (Å²) in [4.78, 5) is 21.1. The molecular weight excluding hydrogens is 414 g/mol. The van der Waals surface area contributed by atoms with Crippen LogP contribution < -0.4 is 4.72 Å². The fourth-order valence-electron chi connectivity index (χ4n) is 2.97. The van der Waals surface area contributed by atoms with Crippen molar-refractivity contribution in [2.24, 2.45) is 0 Å². The minimum absolute atomic E-state index is 0.0777. The van der Waals surface area contributed by atoms with E-state index in [0.29, 0.717) is 22.9 Å². The van der Waals surface area contributed by atoms with E-state index in [0.717, 1.165) is 11.4 Å². The second-order valence-corrected chi connectivity index (χ2v) is 8.79. The molecule has 152 valence electrons. The molecule has 0 aliphatic carbocycles. The quantitative estimate of drug-likeness (QED) is 0.662. The van der Waals surface area contributed by atoms with Gasteiger partial charge in [-0.25, -0.2) is 27.8 Å². The maximum absolute atomic E-state index is 12.5. The first-order chi connectivity index (χ1) is 13.6. The first-order valence-corrected chi connectivity index (χ1v) is 10.6. The maximum Gasteiger partial charge on any atom is 0.264 e. The van der Waals surface area contributed by atoms with Gasteiger partial charge in [0, 0.05) is 27.7 Å². The van der Waals surface area contributed by atoms with Crippen molar-refractivity contribution in [2.45, 2.75) is 39.0 Å². The van der Waals surface area contributed by atoms with Crippen molar-refractivity contribution in [1.29, 1.82) is 0 Å². The summed E-state index contributed by atoms with van der Waals surface area (Å²) in [6.45, 7) is 7.26. The van der Waals surface area contributed by atoms with Crippen molar-refractivity contribution < 1.29 is 13.2 Å². The normalized spacial score (nSPS) is 11.5. The van der Waals surface area contributed by atoms with E-state index in [1.54, 1.807) is 24.6 Å². The molecule has 2 aromatic heterocycles. The Morgan fingerprint density at radius 1 is 1.10 bits per heavy atom. The first-order valence-electron chi connectivity index (χ1n) is 8.76. The van der Waals surface area contributed by atoms with Gasteiger partial charge >= 0.3 is 0 Å². The molecule has 0 bridgehead atoms. The Hall–Kier alpha value is -2.78. The number of hydrogen-bond acceptors (Lipinski definition) is 6. The topological polar surface area (TPSA) is 107 Å². The van der Waals surface area contributed by atoms with Crippen LogP contribution in [0.2, 0.25) is 5.02 Å². The highest BCUT2D eigenvalue weighted by Crippen LogP contribution is 2.19. The third kappa shape index (κ3) is 4.63. The molecule has 10 heteroatoms. The highest BCUT2D eigenvalue weighted by atomic mass is 35.5. The summed E-state index contributed by atoms with van der Waals surface area (Å²) in [6, 6.07) is 7.56. The van der Waals surface area contributed by atoms with Crippen LogP contribution in [0.1, 0.15) is 28.3 Å². The molecule has 0 radical (unpaired) electrons. The Morgan fingerprint density at radius 3 is 2.38 bits per heavy atom. The van der Waals surface area contributed by atoms with Gasteiger partial charge in [-0.15, -0.1) is 0 Å². The summed E-state index contributed by atoms with van der Waals surface area (Å²) >= 11 is 5.84. The molecule has 1 amide bonds. The fourth-order valence-corrected chi connectivity index (χ4v) is 4.25. The molecule has 29 heavy (non-hydrogen) atoms. The Labute approximate surface area is 174 Å². The van der Waals surface area contributed by atoms with Crippen LogP contribution >= 0.6 is 11.6 Å². The summed E-state index contributed by atoms with van der Waals surface area (Å²) in [5, 5.41) is 4.69. The highest BCUT2D eigenvalue weighted by Gasteiger charge is 2.22. The number of amides is 1. The minimum Gasteiger partial charge on any atom is -0.274 e. The van der Waals surface area contributed by atoms with E-state index in [4.69, 9.17) is 11.6 Å². The maximum atomic E-state index is 12.5. The van der Waals surface area contributed by atoms with Gasteiger partial charge in [-0.3, -0.25) is 4.79 Å². The molecule has 3 rings (SSSR count). The number of sulfonamides is 1. The van der Waals surface area contributed by atoms with Gasteiger partial charge in [0.2, 0.25) is 5.91 Å². The molecule has 1 aromatic carbocycles. The van der Waals surface area contributed by atoms with Gasteiger partial charge in [0.15, 0.2) is 0 Å². The van der Waals surface area contributed by atoms with Gasteiger partial charge in [0.1, 0.15) is 0 Å². The number of nitrogens with zero attached hydrogens (tertiary/aromatic N) is 4. The van der Waals surface area contributed by atoms with Crippen LogP contribution in [0.25, 0.3) is 5.95 Å². The smallest absolute Gasteiger partial charge is 0.264 e. The summed E-state index contributed by atoms with van der Waals surface area (Å²) in [5.41, 5.74) is 3.48. The predicted octanol–water partition coefficient (Wildman–Crippen LogP) is 2.60. The number of aromatic nitrogens is 4. The monoisotopic (exact) mass is 433 g/mol. The Kier molecular flexibility index (Phi) is 5.72. The van der Waals surface area contributed by atoms with E-state index in [2.05, 4.69) is 19.8 Å². The summed E-state index contributed by atoms with van der Waals surface area (Å²) in [6.07, 6.45) is -0.151. The fraction of sp³-hybridized carbons (Fsp3) is 0.263. The molecule has 1 N–H and O–H groups in total. The van der Waals surface area contributed by atoms with E-state index < -0.39 is 15.9 Å². The zero-order valence-electron chi connectivity index (χ0n) is 16.4. The number of hydrogen-bond donors (Lipinski definition) is 1. The van der Waals surface area contributed by atoms with Crippen molar-refractivity contribution in [1.82, 2.24) is 24.5 Å². The number of nitrogens with one attached hydrogen (secondary N) is 1. The predicted molar refractivity (Wildman–Crippen MR) is 109 cm³/mol. The number of halogens is 1. The molecular formula is C19H20ClN5O3S. The third-order valence-corrected chi connectivity index (χ3v) is 5.90. The largest absolute Gasteiger partial charge is 0.274 e. The number of carbonyl (C=O) groups excluding carboxylic acids is 1. The Morgan fingerprint density at radius 2 is 1.76 bits per heavy atom. The zero-order valence-corrected chi connectivity index (χ0v) is 18.0. The number of rotatable bonds is 5. The van der Waals surface area contributed by atoms with Gasteiger partial charge in [0.05, 0.1) is 17.0 Å². The second-order valence-electron chi connectivity index (χ2n) is 6.67. The Bertz CT molecular complexity index is 1180. The molecule has 0 aliphatic heterocycles. The lowest BCUT2D eigenvalue weighted by Crippen LogP contribution is -2.32. The molecule has 0 fully saturated rings. The molecule has 0 unspecified atom stereocenters. The average molecular weight is 434 g/mol.